The third kappa shape index (κ3) is 6.14. The van der Waals surface area contributed by atoms with E-state index in [9.17, 15) is 9.59 Å². The molecule has 100 valence electrons. The van der Waals surface area contributed by atoms with Gasteiger partial charge in [-0.15, -0.1) is 0 Å². The maximum absolute atomic E-state index is 11.9. The molecule has 0 spiro atoms. The van der Waals surface area contributed by atoms with E-state index in [1.54, 1.807) is 25.8 Å². The van der Waals surface area contributed by atoms with Gasteiger partial charge in [0.1, 0.15) is 0 Å². The first-order valence-corrected chi connectivity index (χ1v) is 5.96. The first-order chi connectivity index (χ1) is 7.69. The molecule has 5 nitrogen and oxygen atoms in total. The van der Waals surface area contributed by atoms with Gasteiger partial charge in [-0.3, -0.25) is 4.79 Å². The number of carboxylic acid groups (broad SMARTS) is 1. The summed E-state index contributed by atoms with van der Waals surface area (Å²) in [6, 6.07) is -0.0715. The second kappa shape index (κ2) is 6.47. The Morgan fingerprint density at radius 1 is 1.41 bits per heavy atom. The van der Waals surface area contributed by atoms with Gasteiger partial charge in [-0.25, -0.2) is 4.79 Å². The summed E-state index contributed by atoms with van der Waals surface area (Å²) in [7, 11) is 1.73. The molecule has 0 saturated heterocycles. The van der Waals surface area contributed by atoms with Crippen molar-refractivity contribution in [1.29, 1.82) is 0 Å². The Morgan fingerprint density at radius 3 is 2.35 bits per heavy atom. The topological polar surface area (TPSA) is 69.6 Å². The molecular weight excluding hydrogens is 220 g/mol. The molecule has 0 bridgehead atoms. The van der Waals surface area contributed by atoms with Gasteiger partial charge in [0, 0.05) is 18.6 Å². The zero-order chi connectivity index (χ0) is 13.6. The molecule has 0 saturated carbocycles. The number of carbonyl (C=O) groups excluding carboxylic acids is 1. The summed E-state index contributed by atoms with van der Waals surface area (Å²) in [5.41, 5.74) is -0.733. The molecule has 0 aromatic carbocycles. The molecule has 5 heteroatoms. The van der Waals surface area contributed by atoms with Crippen LogP contribution in [0, 0.1) is 0 Å². The molecule has 1 atom stereocenters. The van der Waals surface area contributed by atoms with Gasteiger partial charge >= 0.3 is 12.0 Å². The third-order valence-electron chi connectivity index (χ3n) is 2.73. The molecule has 0 aromatic rings. The van der Waals surface area contributed by atoms with E-state index in [0.29, 0.717) is 0 Å². The van der Waals surface area contributed by atoms with Crippen LogP contribution in [0.15, 0.2) is 0 Å². The summed E-state index contributed by atoms with van der Waals surface area (Å²) < 4.78 is 0. The van der Waals surface area contributed by atoms with E-state index in [4.69, 9.17) is 5.11 Å². The van der Waals surface area contributed by atoms with Crippen molar-refractivity contribution in [2.45, 2.75) is 58.5 Å². The van der Waals surface area contributed by atoms with Gasteiger partial charge in [-0.1, -0.05) is 13.3 Å². The van der Waals surface area contributed by atoms with Gasteiger partial charge in [-0.05, 0) is 27.2 Å². The fourth-order valence-corrected chi connectivity index (χ4v) is 1.61. The molecule has 0 aliphatic carbocycles. The van der Waals surface area contributed by atoms with Gasteiger partial charge < -0.3 is 15.3 Å². The number of nitrogens with zero attached hydrogens (tertiary/aromatic N) is 1. The largest absolute Gasteiger partial charge is 0.481 e. The Hall–Kier alpha value is -1.26. The van der Waals surface area contributed by atoms with E-state index < -0.39 is 11.5 Å². The van der Waals surface area contributed by atoms with Crippen molar-refractivity contribution >= 4 is 12.0 Å². The second-order valence-electron chi connectivity index (χ2n) is 5.13. The quantitative estimate of drug-likeness (QED) is 0.751. The van der Waals surface area contributed by atoms with Crippen LogP contribution in [0.25, 0.3) is 0 Å². The van der Waals surface area contributed by atoms with Crippen LogP contribution in [-0.2, 0) is 4.79 Å². The minimum atomic E-state index is -0.917. The molecule has 1 unspecified atom stereocenters. The smallest absolute Gasteiger partial charge is 0.317 e. The zero-order valence-corrected chi connectivity index (χ0v) is 11.4. The van der Waals surface area contributed by atoms with Crippen LogP contribution in [-0.4, -0.2) is 40.6 Å². The van der Waals surface area contributed by atoms with Crippen molar-refractivity contribution in [3.8, 4) is 0 Å². The third-order valence-corrected chi connectivity index (χ3v) is 2.73. The number of urea groups is 1. The van der Waals surface area contributed by atoms with Crippen LogP contribution in [0.3, 0.4) is 0 Å². The summed E-state index contributed by atoms with van der Waals surface area (Å²) in [6.07, 6.45) is 1.86. The number of aliphatic carboxylic acids is 1. The van der Waals surface area contributed by atoms with Gasteiger partial charge in [0.2, 0.25) is 0 Å². The zero-order valence-electron chi connectivity index (χ0n) is 11.4. The summed E-state index contributed by atoms with van der Waals surface area (Å²) in [6.45, 7) is 7.46. The number of carbonyl (C=O) groups is 2. The van der Waals surface area contributed by atoms with Crippen molar-refractivity contribution in [2.75, 3.05) is 7.05 Å². The maximum Gasteiger partial charge on any atom is 0.317 e. The summed E-state index contributed by atoms with van der Waals surface area (Å²) in [5, 5.41) is 11.5. The Balaban J connectivity index is 4.37. The Bertz CT molecular complexity index is 277. The van der Waals surface area contributed by atoms with Crippen molar-refractivity contribution in [3.05, 3.63) is 0 Å². The maximum atomic E-state index is 11.9. The highest BCUT2D eigenvalue weighted by Gasteiger charge is 2.26. The second-order valence-corrected chi connectivity index (χ2v) is 5.13. The van der Waals surface area contributed by atoms with Crippen LogP contribution in [0.1, 0.15) is 47.0 Å². The average molecular weight is 244 g/mol. The molecule has 0 fully saturated rings. The van der Waals surface area contributed by atoms with Crippen LogP contribution >= 0.6 is 0 Å². The summed E-state index contributed by atoms with van der Waals surface area (Å²) in [5.74, 6) is -0.917. The van der Waals surface area contributed by atoms with Gasteiger partial charge in [-0.2, -0.15) is 0 Å². The predicted octanol–water partition coefficient (Wildman–Crippen LogP) is 2.07. The minimum absolute atomic E-state index is 0.0886. The average Bonchev–Trinajstić information content (AvgIpc) is 2.13. The normalized spacial score (nSPS) is 13.0. The highest BCUT2D eigenvalue weighted by molar-refractivity contribution is 5.76. The summed E-state index contributed by atoms with van der Waals surface area (Å²) >= 11 is 0. The van der Waals surface area contributed by atoms with Crippen molar-refractivity contribution in [3.63, 3.8) is 0 Å². The number of nitrogens with one attached hydrogen (secondary N) is 1. The van der Waals surface area contributed by atoms with E-state index in [2.05, 4.69) is 12.2 Å². The van der Waals surface area contributed by atoms with Crippen molar-refractivity contribution in [1.82, 2.24) is 10.2 Å². The predicted molar refractivity (Wildman–Crippen MR) is 67.0 cm³/mol. The lowest BCUT2D eigenvalue weighted by atomic mass is 10.0. The Morgan fingerprint density at radius 2 is 1.94 bits per heavy atom. The Kier molecular flexibility index (Phi) is 5.99. The minimum Gasteiger partial charge on any atom is -0.481 e. The monoisotopic (exact) mass is 244 g/mol. The molecule has 0 aliphatic rings. The highest BCUT2D eigenvalue weighted by atomic mass is 16.4. The van der Waals surface area contributed by atoms with Crippen molar-refractivity contribution < 1.29 is 14.7 Å². The summed E-state index contributed by atoms with van der Waals surface area (Å²) in [4.78, 5) is 24.1. The van der Waals surface area contributed by atoms with Crippen molar-refractivity contribution in [2.24, 2.45) is 0 Å². The molecule has 0 aliphatic heterocycles. The fraction of sp³-hybridized carbons (Fsp3) is 0.833. The molecule has 0 rings (SSSR count). The molecule has 2 N–H and O–H groups in total. The molecule has 2 amide bonds. The van der Waals surface area contributed by atoms with Crippen LogP contribution in [0.5, 0.6) is 0 Å². The number of carboxylic acids is 1. The number of hydrogen-bond donors (Lipinski definition) is 2. The number of hydrogen-bond acceptors (Lipinski definition) is 2. The van der Waals surface area contributed by atoms with Crippen LogP contribution in [0.2, 0.25) is 0 Å². The lowest BCUT2D eigenvalue weighted by Gasteiger charge is -2.31. The fourth-order valence-electron chi connectivity index (χ4n) is 1.61. The van der Waals surface area contributed by atoms with E-state index in [1.165, 1.54) is 0 Å². The molecule has 0 aromatic heterocycles. The van der Waals surface area contributed by atoms with Gasteiger partial charge in [0.15, 0.2) is 0 Å². The highest BCUT2D eigenvalue weighted by Crippen LogP contribution is 2.10. The standard InChI is InChI=1S/C12H24N2O3/c1-6-7-9(2)14(5)11(17)13-12(3,4)8-10(15)16/h9H,6-8H2,1-5H3,(H,13,17)(H,15,16). The first kappa shape index (κ1) is 15.7. The van der Waals surface area contributed by atoms with Gasteiger partial charge in [0.25, 0.3) is 0 Å². The molecule has 0 heterocycles. The number of rotatable bonds is 6. The lowest BCUT2D eigenvalue weighted by Crippen LogP contribution is -2.51. The first-order valence-electron chi connectivity index (χ1n) is 5.96. The van der Waals surface area contributed by atoms with E-state index >= 15 is 0 Å². The molecule has 17 heavy (non-hydrogen) atoms. The lowest BCUT2D eigenvalue weighted by molar-refractivity contribution is -0.138. The SMILES string of the molecule is CCCC(C)N(C)C(=O)NC(C)(C)CC(=O)O. The number of amides is 2. The van der Waals surface area contributed by atoms with Crippen LogP contribution < -0.4 is 5.32 Å². The van der Waals surface area contributed by atoms with E-state index in [0.717, 1.165) is 12.8 Å². The Labute approximate surface area is 103 Å². The van der Waals surface area contributed by atoms with Gasteiger partial charge in [0.05, 0.1) is 6.42 Å². The molecule has 0 radical (unpaired) electrons. The molecular formula is C12H24N2O3. The van der Waals surface area contributed by atoms with Crippen LogP contribution in [0.4, 0.5) is 4.79 Å². The van der Waals surface area contributed by atoms with E-state index in [1.807, 2.05) is 6.92 Å². The van der Waals surface area contributed by atoms with E-state index in [-0.39, 0.29) is 18.5 Å².